The second-order valence-corrected chi connectivity index (χ2v) is 4.80. The molecule has 1 saturated heterocycles. The zero-order valence-electron chi connectivity index (χ0n) is 9.25. The van der Waals surface area contributed by atoms with E-state index in [4.69, 9.17) is 33.7 Å². The van der Waals surface area contributed by atoms with Crippen LogP contribution in [-0.4, -0.2) is 18.8 Å². The maximum absolute atomic E-state index is 6.01. The summed E-state index contributed by atoms with van der Waals surface area (Å²) in [6.07, 6.45) is 1.78. The maximum Gasteiger partial charge on any atom is 0.139 e. The van der Waals surface area contributed by atoms with Crippen molar-refractivity contribution in [3.63, 3.8) is 0 Å². The highest BCUT2D eigenvalue weighted by molar-refractivity contribution is 6.42. The Morgan fingerprint density at radius 1 is 1.35 bits per heavy atom. The Balaban J connectivity index is 1.80. The number of ether oxygens (including phenoxy) is 1. The minimum atomic E-state index is 0.0229. The third kappa shape index (κ3) is 3.47. The quantitative estimate of drug-likeness (QED) is 0.786. The second-order valence-electron chi connectivity index (χ2n) is 4.02. The average molecular weight is 276 g/mol. The fraction of sp³-hybridized carbons (Fsp3) is 0.455. The molecule has 0 bridgehead atoms. The predicted molar refractivity (Wildman–Crippen MR) is 69.2 cm³/mol. The van der Waals surface area contributed by atoms with Crippen LogP contribution in [0.1, 0.15) is 12.8 Å². The molecule has 2 rings (SSSR count). The predicted octanol–water partition coefficient (Wildman–Crippen LogP) is 1.91. The zero-order chi connectivity index (χ0) is 12.3. The van der Waals surface area contributed by atoms with E-state index in [9.17, 15) is 0 Å². The first-order chi connectivity index (χ1) is 8.16. The van der Waals surface area contributed by atoms with Crippen LogP contribution in [0.3, 0.4) is 0 Å². The SMILES string of the molecule is NC1CC(CCOc2cccc(Cl)c2Cl)NN1. The van der Waals surface area contributed by atoms with Crippen molar-refractivity contribution in [3.05, 3.63) is 28.2 Å². The summed E-state index contributed by atoms with van der Waals surface area (Å²) in [5.41, 5.74) is 11.8. The summed E-state index contributed by atoms with van der Waals surface area (Å²) in [5.74, 6) is 0.620. The van der Waals surface area contributed by atoms with Gasteiger partial charge in [0.1, 0.15) is 10.8 Å². The normalized spacial score (nSPS) is 23.9. The van der Waals surface area contributed by atoms with E-state index in [0.29, 0.717) is 28.4 Å². The molecule has 1 aromatic rings. The standard InChI is InChI=1S/C11H15Cl2N3O/c12-8-2-1-3-9(11(8)13)17-5-4-7-6-10(14)16-15-7/h1-3,7,10,15-16H,4-6,14H2. The van der Waals surface area contributed by atoms with E-state index in [0.717, 1.165) is 12.8 Å². The minimum Gasteiger partial charge on any atom is -0.492 e. The lowest BCUT2D eigenvalue weighted by atomic mass is 10.1. The van der Waals surface area contributed by atoms with Crippen molar-refractivity contribution in [1.29, 1.82) is 0 Å². The molecule has 0 radical (unpaired) electrons. The molecule has 0 amide bonds. The first-order valence-corrected chi connectivity index (χ1v) is 6.26. The van der Waals surface area contributed by atoms with Gasteiger partial charge in [0.2, 0.25) is 0 Å². The summed E-state index contributed by atoms with van der Waals surface area (Å²) in [6, 6.07) is 5.69. The lowest BCUT2D eigenvalue weighted by molar-refractivity contribution is 0.290. The molecular formula is C11H15Cl2N3O. The summed E-state index contributed by atoms with van der Waals surface area (Å²) in [6.45, 7) is 0.576. The van der Waals surface area contributed by atoms with E-state index in [1.54, 1.807) is 12.1 Å². The molecule has 6 heteroatoms. The van der Waals surface area contributed by atoms with Gasteiger partial charge in [-0.05, 0) is 25.0 Å². The van der Waals surface area contributed by atoms with Crippen molar-refractivity contribution in [2.75, 3.05) is 6.61 Å². The number of hydrogen-bond donors (Lipinski definition) is 3. The first kappa shape index (κ1) is 12.9. The zero-order valence-corrected chi connectivity index (χ0v) is 10.8. The molecule has 0 aromatic heterocycles. The van der Waals surface area contributed by atoms with Gasteiger partial charge in [0.05, 0.1) is 17.8 Å². The van der Waals surface area contributed by atoms with Crippen molar-refractivity contribution in [3.8, 4) is 5.75 Å². The molecule has 4 N–H and O–H groups in total. The van der Waals surface area contributed by atoms with E-state index in [1.165, 1.54) is 0 Å². The summed E-state index contributed by atoms with van der Waals surface area (Å²) < 4.78 is 5.59. The van der Waals surface area contributed by atoms with E-state index in [2.05, 4.69) is 10.9 Å². The molecule has 0 aliphatic carbocycles. The van der Waals surface area contributed by atoms with Crippen molar-refractivity contribution in [2.45, 2.75) is 25.0 Å². The van der Waals surface area contributed by atoms with Crippen LogP contribution in [0.15, 0.2) is 18.2 Å². The fourth-order valence-electron chi connectivity index (χ4n) is 1.75. The largest absolute Gasteiger partial charge is 0.492 e. The number of halogens is 2. The third-order valence-electron chi connectivity index (χ3n) is 2.65. The number of hydrogen-bond acceptors (Lipinski definition) is 4. The Morgan fingerprint density at radius 2 is 2.18 bits per heavy atom. The van der Waals surface area contributed by atoms with Crippen LogP contribution in [-0.2, 0) is 0 Å². The Morgan fingerprint density at radius 3 is 2.88 bits per heavy atom. The molecule has 4 nitrogen and oxygen atoms in total. The molecule has 1 aliphatic heterocycles. The summed E-state index contributed by atoms with van der Waals surface area (Å²) in [4.78, 5) is 0. The molecule has 0 spiro atoms. The summed E-state index contributed by atoms with van der Waals surface area (Å²) in [7, 11) is 0. The molecule has 2 atom stereocenters. The van der Waals surface area contributed by atoms with E-state index in [-0.39, 0.29) is 6.17 Å². The number of rotatable bonds is 4. The van der Waals surface area contributed by atoms with Gasteiger partial charge in [-0.1, -0.05) is 29.3 Å². The van der Waals surface area contributed by atoms with E-state index in [1.807, 2.05) is 6.07 Å². The lowest BCUT2D eigenvalue weighted by Crippen LogP contribution is -2.37. The number of benzene rings is 1. The van der Waals surface area contributed by atoms with Crippen LogP contribution in [0.5, 0.6) is 5.75 Å². The number of nitrogens with one attached hydrogen (secondary N) is 2. The highest BCUT2D eigenvalue weighted by Gasteiger charge is 2.20. The second kappa shape index (κ2) is 5.89. The number of nitrogens with two attached hydrogens (primary N) is 1. The van der Waals surface area contributed by atoms with Crippen LogP contribution in [0.2, 0.25) is 10.0 Å². The van der Waals surface area contributed by atoms with Gasteiger partial charge in [-0.2, -0.15) is 0 Å². The van der Waals surface area contributed by atoms with Gasteiger partial charge in [-0.15, -0.1) is 0 Å². The Kier molecular flexibility index (Phi) is 4.48. The smallest absolute Gasteiger partial charge is 0.139 e. The first-order valence-electron chi connectivity index (χ1n) is 5.50. The van der Waals surface area contributed by atoms with Crippen molar-refractivity contribution in [2.24, 2.45) is 5.73 Å². The highest BCUT2D eigenvalue weighted by atomic mass is 35.5. The fourth-order valence-corrected chi connectivity index (χ4v) is 2.09. The lowest BCUT2D eigenvalue weighted by Gasteiger charge is -2.11. The molecule has 0 saturated carbocycles. The summed E-state index contributed by atoms with van der Waals surface area (Å²) >= 11 is 11.9. The van der Waals surface area contributed by atoms with Gasteiger partial charge in [0.15, 0.2) is 0 Å². The van der Waals surface area contributed by atoms with E-state index >= 15 is 0 Å². The minimum absolute atomic E-state index is 0.0229. The molecule has 94 valence electrons. The maximum atomic E-state index is 6.01. The van der Waals surface area contributed by atoms with E-state index < -0.39 is 0 Å². The van der Waals surface area contributed by atoms with Gasteiger partial charge in [0, 0.05) is 6.04 Å². The van der Waals surface area contributed by atoms with Gasteiger partial charge in [0.25, 0.3) is 0 Å². The van der Waals surface area contributed by atoms with Crippen molar-refractivity contribution < 1.29 is 4.74 Å². The Bertz CT molecular complexity index is 389. The average Bonchev–Trinajstić information content (AvgIpc) is 2.70. The topological polar surface area (TPSA) is 59.3 Å². The van der Waals surface area contributed by atoms with Crippen LogP contribution in [0.4, 0.5) is 0 Å². The van der Waals surface area contributed by atoms with Gasteiger partial charge < -0.3 is 10.5 Å². The Labute approximate surface area is 110 Å². The molecular weight excluding hydrogens is 261 g/mol. The molecule has 1 fully saturated rings. The molecule has 2 unspecified atom stereocenters. The van der Waals surface area contributed by atoms with Gasteiger partial charge in [-0.3, -0.25) is 5.43 Å². The molecule has 1 heterocycles. The van der Waals surface area contributed by atoms with Crippen LogP contribution >= 0.6 is 23.2 Å². The van der Waals surface area contributed by atoms with Crippen molar-refractivity contribution in [1.82, 2.24) is 10.9 Å². The third-order valence-corrected chi connectivity index (χ3v) is 3.45. The van der Waals surface area contributed by atoms with Crippen LogP contribution in [0, 0.1) is 0 Å². The summed E-state index contributed by atoms with van der Waals surface area (Å²) in [5, 5.41) is 0.968. The van der Waals surface area contributed by atoms with Crippen LogP contribution in [0.25, 0.3) is 0 Å². The molecule has 17 heavy (non-hydrogen) atoms. The van der Waals surface area contributed by atoms with Crippen LogP contribution < -0.4 is 21.3 Å². The van der Waals surface area contributed by atoms with Gasteiger partial charge >= 0.3 is 0 Å². The van der Waals surface area contributed by atoms with Gasteiger partial charge in [-0.25, -0.2) is 5.43 Å². The molecule has 1 aromatic carbocycles. The Hall–Kier alpha value is -0.520. The van der Waals surface area contributed by atoms with Crippen molar-refractivity contribution >= 4 is 23.2 Å². The molecule has 1 aliphatic rings. The highest BCUT2D eigenvalue weighted by Crippen LogP contribution is 2.31. The number of hydrazine groups is 1. The monoisotopic (exact) mass is 275 g/mol.